The predicted molar refractivity (Wildman–Crippen MR) is 97.5 cm³/mol. The van der Waals surface area contributed by atoms with Crippen LogP contribution in [0.15, 0.2) is 42.6 Å². The SMILES string of the molecule is CCn1ccc2ccc(-c3ccc([C@@]4(C)CCNC4=O)c(O)n3)cc21. The number of pyridine rings is 1. The molecule has 0 radical (unpaired) electrons. The summed E-state index contributed by atoms with van der Waals surface area (Å²) in [7, 11) is 0. The molecule has 5 heteroatoms. The number of aromatic hydroxyl groups is 1. The number of benzene rings is 1. The van der Waals surface area contributed by atoms with Gasteiger partial charge in [-0.1, -0.05) is 18.2 Å². The zero-order valence-electron chi connectivity index (χ0n) is 14.4. The highest BCUT2D eigenvalue weighted by molar-refractivity contribution is 5.90. The molecule has 0 spiro atoms. The lowest BCUT2D eigenvalue weighted by Crippen LogP contribution is -2.32. The molecule has 1 atom stereocenters. The quantitative estimate of drug-likeness (QED) is 0.772. The van der Waals surface area contributed by atoms with Crippen molar-refractivity contribution in [3.63, 3.8) is 0 Å². The van der Waals surface area contributed by atoms with Crippen LogP contribution in [0.3, 0.4) is 0 Å². The Labute approximate surface area is 146 Å². The average Bonchev–Trinajstić information content (AvgIpc) is 3.18. The Morgan fingerprint density at radius 1 is 1.28 bits per heavy atom. The van der Waals surface area contributed by atoms with Gasteiger partial charge >= 0.3 is 0 Å². The number of aryl methyl sites for hydroxylation is 1. The molecule has 2 aromatic heterocycles. The Morgan fingerprint density at radius 2 is 2.12 bits per heavy atom. The van der Waals surface area contributed by atoms with E-state index in [1.165, 1.54) is 5.39 Å². The van der Waals surface area contributed by atoms with Crippen LogP contribution in [0.2, 0.25) is 0 Å². The first-order chi connectivity index (χ1) is 12.0. The van der Waals surface area contributed by atoms with Crippen molar-refractivity contribution in [2.24, 2.45) is 0 Å². The second kappa shape index (κ2) is 5.62. The molecule has 2 N–H and O–H groups in total. The summed E-state index contributed by atoms with van der Waals surface area (Å²) in [6, 6.07) is 12.0. The Kier molecular flexibility index (Phi) is 3.53. The molecule has 0 unspecified atom stereocenters. The number of hydrogen-bond acceptors (Lipinski definition) is 3. The summed E-state index contributed by atoms with van der Waals surface area (Å²) >= 11 is 0. The zero-order chi connectivity index (χ0) is 17.6. The minimum absolute atomic E-state index is 0.0560. The number of hydrogen-bond donors (Lipinski definition) is 2. The number of carbonyl (C=O) groups excluding carboxylic acids is 1. The van der Waals surface area contributed by atoms with Crippen molar-refractivity contribution in [3.05, 3.63) is 48.2 Å². The summed E-state index contributed by atoms with van der Waals surface area (Å²) in [5.41, 5.74) is 2.67. The van der Waals surface area contributed by atoms with Crippen molar-refractivity contribution in [2.75, 3.05) is 6.54 Å². The maximum atomic E-state index is 12.1. The molecular weight excluding hydrogens is 314 g/mol. The third-order valence-corrected chi connectivity index (χ3v) is 5.29. The third kappa shape index (κ3) is 2.38. The molecule has 1 aromatic carbocycles. The molecule has 3 aromatic rings. The van der Waals surface area contributed by atoms with E-state index in [2.05, 4.69) is 46.2 Å². The van der Waals surface area contributed by atoms with Crippen LogP contribution in [-0.2, 0) is 16.8 Å². The second-order valence-electron chi connectivity index (χ2n) is 6.78. The molecule has 1 fully saturated rings. The molecule has 25 heavy (non-hydrogen) atoms. The fourth-order valence-electron chi connectivity index (χ4n) is 3.65. The number of fused-ring (bicyclic) bond motifs is 1. The summed E-state index contributed by atoms with van der Waals surface area (Å²) in [5, 5.41) is 14.5. The van der Waals surface area contributed by atoms with Gasteiger partial charge in [-0.15, -0.1) is 0 Å². The highest BCUT2D eigenvalue weighted by Crippen LogP contribution is 2.37. The molecule has 1 amide bonds. The lowest BCUT2D eigenvalue weighted by atomic mass is 9.81. The van der Waals surface area contributed by atoms with Crippen LogP contribution in [0.1, 0.15) is 25.8 Å². The van der Waals surface area contributed by atoms with E-state index in [4.69, 9.17) is 0 Å². The zero-order valence-corrected chi connectivity index (χ0v) is 14.4. The van der Waals surface area contributed by atoms with E-state index in [0.717, 1.165) is 17.6 Å². The number of carbonyl (C=O) groups is 1. The highest BCUT2D eigenvalue weighted by Gasteiger charge is 2.41. The highest BCUT2D eigenvalue weighted by atomic mass is 16.3. The Hall–Kier alpha value is -2.82. The van der Waals surface area contributed by atoms with Gasteiger partial charge in [0.15, 0.2) is 0 Å². The smallest absolute Gasteiger partial charge is 0.230 e. The van der Waals surface area contributed by atoms with E-state index >= 15 is 0 Å². The van der Waals surface area contributed by atoms with E-state index in [-0.39, 0.29) is 11.8 Å². The average molecular weight is 335 g/mol. The molecule has 5 nitrogen and oxygen atoms in total. The fourth-order valence-corrected chi connectivity index (χ4v) is 3.65. The van der Waals surface area contributed by atoms with Crippen molar-refractivity contribution < 1.29 is 9.90 Å². The van der Waals surface area contributed by atoms with Gasteiger partial charge in [0.1, 0.15) is 0 Å². The first-order valence-corrected chi connectivity index (χ1v) is 8.61. The van der Waals surface area contributed by atoms with Crippen molar-refractivity contribution >= 4 is 16.8 Å². The normalized spacial score (nSPS) is 20.2. The van der Waals surface area contributed by atoms with Crippen molar-refractivity contribution in [1.29, 1.82) is 0 Å². The summed E-state index contributed by atoms with van der Waals surface area (Å²) in [5.74, 6) is -0.123. The van der Waals surface area contributed by atoms with Gasteiger partial charge in [0.25, 0.3) is 0 Å². The Balaban J connectivity index is 1.77. The molecule has 128 valence electrons. The minimum atomic E-state index is -0.712. The van der Waals surface area contributed by atoms with E-state index in [0.29, 0.717) is 24.2 Å². The molecular formula is C20H21N3O2. The van der Waals surface area contributed by atoms with Gasteiger partial charge in [-0.3, -0.25) is 4.79 Å². The minimum Gasteiger partial charge on any atom is -0.493 e. The number of nitrogens with zero attached hydrogens (tertiary/aromatic N) is 2. The maximum absolute atomic E-state index is 12.1. The lowest BCUT2D eigenvalue weighted by molar-refractivity contribution is -0.123. The van der Waals surface area contributed by atoms with Crippen molar-refractivity contribution in [3.8, 4) is 17.1 Å². The van der Waals surface area contributed by atoms with Gasteiger partial charge in [0, 0.05) is 35.9 Å². The van der Waals surface area contributed by atoms with E-state index < -0.39 is 5.41 Å². The van der Waals surface area contributed by atoms with Crippen molar-refractivity contribution in [1.82, 2.24) is 14.9 Å². The molecule has 1 aliphatic rings. The van der Waals surface area contributed by atoms with Crippen molar-refractivity contribution in [2.45, 2.75) is 32.2 Å². The Bertz CT molecular complexity index is 976. The number of amides is 1. The van der Waals surface area contributed by atoms with Gasteiger partial charge < -0.3 is 15.0 Å². The van der Waals surface area contributed by atoms with E-state index in [1.807, 2.05) is 25.1 Å². The van der Waals surface area contributed by atoms with E-state index in [1.54, 1.807) is 0 Å². The van der Waals surface area contributed by atoms with Crippen LogP contribution in [0.25, 0.3) is 22.2 Å². The van der Waals surface area contributed by atoms with E-state index in [9.17, 15) is 9.90 Å². The second-order valence-corrected chi connectivity index (χ2v) is 6.78. The summed E-state index contributed by atoms with van der Waals surface area (Å²) in [6.45, 7) is 5.49. The maximum Gasteiger partial charge on any atom is 0.230 e. The Morgan fingerprint density at radius 3 is 2.80 bits per heavy atom. The summed E-state index contributed by atoms with van der Waals surface area (Å²) in [4.78, 5) is 16.5. The van der Waals surface area contributed by atoms with Crippen LogP contribution >= 0.6 is 0 Å². The monoisotopic (exact) mass is 335 g/mol. The first-order valence-electron chi connectivity index (χ1n) is 8.61. The van der Waals surface area contributed by atoms with Crippen LogP contribution in [-0.4, -0.2) is 27.1 Å². The van der Waals surface area contributed by atoms with Crippen LogP contribution in [0.5, 0.6) is 5.88 Å². The topological polar surface area (TPSA) is 67.2 Å². The molecule has 1 saturated heterocycles. The summed E-state index contributed by atoms with van der Waals surface area (Å²) in [6.07, 6.45) is 2.73. The molecule has 0 aliphatic carbocycles. The van der Waals surface area contributed by atoms with Crippen LogP contribution in [0, 0.1) is 0 Å². The first kappa shape index (κ1) is 15.7. The van der Waals surface area contributed by atoms with Crippen LogP contribution in [0.4, 0.5) is 0 Å². The number of nitrogens with one attached hydrogen (secondary N) is 1. The third-order valence-electron chi connectivity index (χ3n) is 5.29. The standard InChI is InChI=1S/C20H21N3O2/c1-3-23-11-8-13-4-5-14(12-17(13)23)16-7-6-15(18(24)22-16)20(2)9-10-21-19(20)25/h4-8,11-12H,3,9-10H2,1-2H3,(H,21,25)(H,22,24)/t20-/m1/s1. The van der Waals surface area contributed by atoms with Gasteiger partial charge in [0.05, 0.1) is 11.1 Å². The fraction of sp³-hybridized carbons (Fsp3) is 0.300. The molecule has 3 heterocycles. The van der Waals surface area contributed by atoms with Gasteiger partial charge in [0.2, 0.25) is 11.8 Å². The van der Waals surface area contributed by atoms with Crippen LogP contribution < -0.4 is 5.32 Å². The molecule has 1 aliphatic heterocycles. The molecule has 0 saturated carbocycles. The summed E-state index contributed by atoms with van der Waals surface area (Å²) < 4.78 is 2.18. The number of rotatable bonds is 3. The van der Waals surface area contributed by atoms with Gasteiger partial charge in [-0.05, 0) is 43.9 Å². The largest absolute Gasteiger partial charge is 0.493 e. The molecule has 0 bridgehead atoms. The van der Waals surface area contributed by atoms with Gasteiger partial charge in [-0.2, -0.15) is 0 Å². The number of aromatic nitrogens is 2. The lowest BCUT2D eigenvalue weighted by Gasteiger charge is -2.21. The van der Waals surface area contributed by atoms with Gasteiger partial charge in [-0.25, -0.2) is 4.98 Å². The molecule has 4 rings (SSSR count). The predicted octanol–water partition coefficient (Wildman–Crippen LogP) is 3.21.